The zero-order valence-corrected chi connectivity index (χ0v) is 14.0. The summed E-state index contributed by atoms with van der Waals surface area (Å²) in [5, 5.41) is 4.38. The molecule has 0 aliphatic carbocycles. The minimum atomic E-state index is -0.521. The van der Waals surface area contributed by atoms with E-state index in [2.05, 4.69) is 15.1 Å². The summed E-state index contributed by atoms with van der Waals surface area (Å²) in [5.74, 6) is 0.513. The Labute approximate surface area is 150 Å². The zero-order chi connectivity index (χ0) is 17.6. The lowest BCUT2D eigenvalue weighted by molar-refractivity contribution is 0.495. The molecule has 2 aliphatic rings. The van der Waals surface area contributed by atoms with Crippen molar-refractivity contribution in [2.24, 2.45) is 0 Å². The van der Waals surface area contributed by atoms with E-state index in [0.717, 1.165) is 5.56 Å². The van der Waals surface area contributed by atoms with Crippen LogP contribution in [0.3, 0.4) is 0 Å². The van der Waals surface area contributed by atoms with Gasteiger partial charge in [0, 0.05) is 23.6 Å². The largest absolute Gasteiger partial charge is 0.318 e. The van der Waals surface area contributed by atoms with Crippen LogP contribution in [0.4, 0.5) is 8.78 Å². The van der Waals surface area contributed by atoms with Gasteiger partial charge in [0.2, 0.25) is 0 Å². The van der Waals surface area contributed by atoms with Gasteiger partial charge in [-0.25, -0.2) is 23.4 Å². The summed E-state index contributed by atoms with van der Waals surface area (Å²) in [6, 6.07) is 7.38. The Balaban J connectivity index is 1.77. The van der Waals surface area contributed by atoms with Crippen LogP contribution >= 0.6 is 11.6 Å². The van der Waals surface area contributed by atoms with Gasteiger partial charge in [0.1, 0.15) is 29.8 Å². The first-order valence-electron chi connectivity index (χ1n) is 8.18. The highest BCUT2D eigenvalue weighted by molar-refractivity contribution is 6.31. The Morgan fingerprint density at radius 3 is 2.88 bits per heavy atom. The van der Waals surface area contributed by atoms with Crippen molar-refractivity contribution in [1.29, 1.82) is 0 Å². The Hall–Kier alpha value is -2.80. The molecule has 2 aliphatic heterocycles. The lowest BCUT2D eigenvalue weighted by atomic mass is 9.98. The second kappa shape index (κ2) is 4.67. The second-order valence-corrected chi connectivity index (χ2v) is 7.00. The van der Waals surface area contributed by atoms with Gasteiger partial charge in [0.05, 0.1) is 22.1 Å². The van der Waals surface area contributed by atoms with Gasteiger partial charge >= 0.3 is 0 Å². The quantitative estimate of drug-likeness (QED) is 0.468. The standard InChI is InChI=1S/C18H10ClF2N5/c19-9-4-13-12(5-11(9)21)24-18-15-6-14(25(13)18)16-8(2-1-3-10(16)20)17-22-7-23-26(15)17/h1-5,7,14-15H,6H2/t14-,15-/m0/s1. The molecular weight excluding hydrogens is 360 g/mol. The number of hydrogen-bond acceptors (Lipinski definition) is 3. The summed E-state index contributed by atoms with van der Waals surface area (Å²) in [6.07, 6.45) is 2.07. The van der Waals surface area contributed by atoms with E-state index in [-0.39, 0.29) is 22.9 Å². The first-order chi connectivity index (χ1) is 12.6. The normalized spacial score (nSPS) is 20.0. The van der Waals surface area contributed by atoms with Gasteiger partial charge in [-0.2, -0.15) is 5.10 Å². The highest BCUT2D eigenvalue weighted by atomic mass is 35.5. The van der Waals surface area contributed by atoms with Crippen molar-refractivity contribution in [3.63, 3.8) is 0 Å². The van der Waals surface area contributed by atoms with Crippen LogP contribution in [0.5, 0.6) is 0 Å². The molecule has 4 aromatic rings. The molecule has 0 unspecified atom stereocenters. The summed E-state index contributed by atoms with van der Waals surface area (Å²) in [7, 11) is 0. The molecule has 4 heterocycles. The summed E-state index contributed by atoms with van der Waals surface area (Å²) < 4.78 is 32.5. The van der Waals surface area contributed by atoms with E-state index in [9.17, 15) is 8.78 Å². The van der Waals surface area contributed by atoms with Gasteiger partial charge in [-0.15, -0.1) is 0 Å². The molecule has 0 spiro atoms. The maximum absolute atomic E-state index is 14.9. The van der Waals surface area contributed by atoms with Crippen LogP contribution in [0.25, 0.3) is 22.4 Å². The Bertz CT molecular complexity index is 1230. The molecule has 0 fully saturated rings. The summed E-state index contributed by atoms with van der Waals surface area (Å²) in [4.78, 5) is 8.95. The number of nitrogens with zero attached hydrogens (tertiary/aromatic N) is 5. The van der Waals surface area contributed by atoms with Crippen LogP contribution in [0.1, 0.15) is 29.9 Å². The third-order valence-corrected chi connectivity index (χ3v) is 5.60. The van der Waals surface area contributed by atoms with Crippen LogP contribution < -0.4 is 0 Å². The molecule has 5 nitrogen and oxygen atoms in total. The first kappa shape index (κ1) is 14.4. The Kier molecular flexibility index (Phi) is 2.59. The Morgan fingerprint density at radius 1 is 1.12 bits per heavy atom. The van der Waals surface area contributed by atoms with Gasteiger partial charge in [-0.1, -0.05) is 23.7 Å². The van der Waals surface area contributed by atoms with E-state index >= 15 is 0 Å². The molecule has 2 aromatic carbocycles. The fraction of sp³-hybridized carbons (Fsp3) is 0.167. The fourth-order valence-electron chi connectivity index (χ4n) is 4.29. The molecule has 2 bridgehead atoms. The Morgan fingerprint density at radius 2 is 2.00 bits per heavy atom. The van der Waals surface area contributed by atoms with Crippen molar-refractivity contribution in [3.8, 4) is 11.4 Å². The van der Waals surface area contributed by atoms with Crippen LogP contribution in [0.2, 0.25) is 5.02 Å². The number of hydrogen-bond donors (Lipinski definition) is 0. The first-order valence-corrected chi connectivity index (χ1v) is 8.56. The molecule has 0 saturated heterocycles. The van der Waals surface area contributed by atoms with Gasteiger partial charge in [-0.3, -0.25) is 0 Å². The van der Waals surface area contributed by atoms with Crippen molar-refractivity contribution in [1.82, 2.24) is 24.3 Å². The van der Waals surface area contributed by atoms with Crippen molar-refractivity contribution in [2.75, 3.05) is 0 Å². The molecule has 0 N–H and O–H groups in total. The third kappa shape index (κ3) is 1.61. The minimum absolute atomic E-state index is 0.0228. The summed E-state index contributed by atoms with van der Waals surface area (Å²) in [5.41, 5.74) is 2.47. The van der Waals surface area contributed by atoms with E-state index in [1.807, 2.05) is 10.6 Å². The zero-order valence-electron chi connectivity index (χ0n) is 13.2. The average molecular weight is 370 g/mol. The van der Waals surface area contributed by atoms with Crippen molar-refractivity contribution >= 4 is 22.6 Å². The number of rotatable bonds is 0. The number of benzene rings is 2. The SMILES string of the molecule is Fc1cc2nc3n(c2cc1Cl)[C@H]1C[C@@H]3n2ncnc2-c2cccc(F)c21. The fourth-order valence-corrected chi connectivity index (χ4v) is 4.45. The molecule has 2 atom stereocenters. The maximum Gasteiger partial charge on any atom is 0.159 e. The van der Waals surface area contributed by atoms with E-state index < -0.39 is 5.82 Å². The summed E-state index contributed by atoms with van der Waals surface area (Å²) >= 11 is 6.00. The lowest BCUT2D eigenvalue weighted by Gasteiger charge is -2.18. The molecule has 2 aromatic heterocycles. The molecule has 0 saturated carbocycles. The topological polar surface area (TPSA) is 48.5 Å². The summed E-state index contributed by atoms with van der Waals surface area (Å²) in [6.45, 7) is 0. The highest BCUT2D eigenvalue weighted by Gasteiger charge is 2.43. The third-order valence-electron chi connectivity index (χ3n) is 5.31. The highest BCUT2D eigenvalue weighted by Crippen LogP contribution is 2.49. The molecule has 0 radical (unpaired) electrons. The van der Waals surface area contributed by atoms with Crippen LogP contribution in [-0.2, 0) is 0 Å². The van der Waals surface area contributed by atoms with E-state index in [1.165, 1.54) is 18.5 Å². The molecule has 8 heteroatoms. The predicted octanol–water partition coefficient (Wildman–Crippen LogP) is 4.12. The van der Waals surface area contributed by atoms with Gasteiger partial charge in [-0.05, 0) is 12.1 Å². The maximum atomic E-state index is 14.9. The predicted molar refractivity (Wildman–Crippen MR) is 91.0 cm³/mol. The minimum Gasteiger partial charge on any atom is -0.318 e. The van der Waals surface area contributed by atoms with Crippen LogP contribution in [-0.4, -0.2) is 24.3 Å². The number of aromatic nitrogens is 5. The number of fused-ring (bicyclic) bond motifs is 6. The number of imidazole rings is 1. The smallest absolute Gasteiger partial charge is 0.159 e. The monoisotopic (exact) mass is 369 g/mol. The van der Waals surface area contributed by atoms with E-state index in [1.54, 1.807) is 16.8 Å². The molecule has 0 amide bonds. The molecular formula is C18H10ClF2N5. The van der Waals surface area contributed by atoms with Gasteiger partial charge < -0.3 is 4.57 Å². The molecule has 6 rings (SSSR count). The van der Waals surface area contributed by atoms with Crippen molar-refractivity contribution in [2.45, 2.75) is 18.5 Å². The lowest BCUT2D eigenvalue weighted by Crippen LogP contribution is -2.13. The molecule has 128 valence electrons. The number of halogens is 3. The van der Waals surface area contributed by atoms with Crippen LogP contribution in [0.15, 0.2) is 36.7 Å². The average Bonchev–Trinajstić information content (AvgIpc) is 3.28. The van der Waals surface area contributed by atoms with Crippen molar-refractivity contribution in [3.05, 3.63) is 64.7 Å². The van der Waals surface area contributed by atoms with Gasteiger partial charge in [0.15, 0.2) is 5.82 Å². The van der Waals surface area contributed by atoms with Gasteiger partial charge in [0.25, 0.3) is 0 Å². The van der Waals surface area contributed by atoms with E-state index in [0.29, 0.717) is 34.7 Å². The van der Waals surface area contributed by atoms with Crippen molar-refractivity contribution < 1.29 is 8.78 Å². The van der Waals surface area contributed by atoms with Crippen LogP contribution in [0, 0.1) is 11.6 Å². The second-order valence-electron chi connectivity index (χ2n) is 6.59. The molecule has 26 heavy (non-hydrogen) atoms. The van der Waals surface area contributed by atoms with E-state index in [4.69, 9.17) is 11.6 Å².